The van der Waals surface area contributed by atoms with E-state index in [-0.39, 0.29) is 24.1 Å². The predicted molar refractivity (Wildman–Crippen MR) is 133 cm³/mol. The van der Waals surface area contributed by atoms with E-state index in [9.17, 15) is 4.79 Å². The Labute approximate surface area is 202 Å². The topological polar surface area (TPSA) is 73.8 Å². The molecule has 0 spiro atoms. The number of benzene rings is 1. The molecule has 1 aromatic carbocycles. The van der Waals surface area contributed by atoms with Crippen molar-refractivity contribution in [2.45, 2.75) is 39.4 Å². The van der Waals surface area contributed by atoms with Crippen molar-refractivity contribution in [1.82, 2.24) is 19.8 Å². The van der Waals surface area contributed by atoms with Gasteiger partial charge >= 0.3 is 6.09 Å². The number of nitrogens with zero attached hydrogens (tertiary/aromatic N) is 5. The summed E-state index contributed by atoms with van der Waals surface area (Å²) in [6.45, 7) is 12.6. The number of nitrogens with one attached hydrogen (secondary N) is 1. The summed E-state index contributed by atoms with van der Waals surface area (Å²) >= 11 is 0. The average Bonchev–Trinajstić information content (AvgIpc) is 3.46. The van der Waals surface area contributed by atoms with Crippen LogP contribution in [0.5, 0.6) is 0 Å². The third-order valence-corrected chi connectivity index (χ3v) is 7.54. The summed E-state index contributed by atoms with van der Waals surface area (Å²) in [7, 11) is 2.24. The number of cyclic esters (lactones) is 1. The van der Waals surface area contributed by atoms with Crippen molar-refractivity contribution in [3.8, 4) is 0 Å². The molecule has 34 heavy (non-hydrogen) atoms. The highest BCUT2D eigenvalue weighted by Crippen LogP contribution is 2.31. The Hall–Kier alpha value is -2.71. The maximum Gasteiger partial charge on any atom is 0.415 e. The van der Waals surface area contributed by atoms with Crippen molar-refractivity contribution >= 4 is 17.9 Å². The highest BCUT2D eigenvalue weighted by atomic mass is 16.6. The molecular formula is C26H36N6O2. The Morgan fingerprint density at radius 2 is 1.76 bits per heavy atom. The van der Waals surface area contributed by atoms with Gasteiger partial charge in [-0.05, 0) is 48.9 Å². The van der Waals surface area contributed by atoms with Crippen LogP contribution in [-0.2, 0) is 11.3 Å². The van der Waals surface area contributed by atoms with Gasteiger partial charge in [0.25, 0.3) is 0 Å². The fraction of sp³-hybridized carbons (Fsp3) is 0.577. The fourth-order valence-corrected chi connectivity index (χ4v) is 5.64. The van der Waals surface area contributed by atoms with Crippen LogP contribution < -0.4 is 10.2 Å². The molecule has 3 aliphatic rings. The Kier molecular flexibility index (Phi) is 6.44. The summed E-state index contributed by atoms with van der Waals surface area (Å²) in [5.41, 5.74) is 2.54. The average molecular weight is 465 g/mol. The van der Waals surface area contributed by atoms with Crippen LogP contribution in [0.3, 0.4) is 0 Å². The second-order valence-electron chi connectivity index (χ2n) is 10.5. The van der Waals surface area contributed by atoms with Gasteiger partial charge in [0, 0.05) is 38.9 Å². The van der Waals surface area contributed by atoms with Crippen LogP contribution in [0.15, 0.2) is 36.5 Å². The Bertz CT molecular complexity index is 999. The molecule has 5 rings (SSSR count). The van der Waals surface area contributed by atoms with Crippen LogP contribution in [0, 0.1) is 17.8 Å². The first-order chi connectivity index (χ1) is 16.4. The molecular weight excluding hydrogens is 428 g/mol. The van der Waals surface area contributed by atoms with Gasteiger partial charge in [-0.1, -0.05) is 38.1 Å². The van der Waals surface area contributed by atoms with Crippen LogP contribution in [0.1, 0.15) is 37.9 Å². The summed E-state index contributed by atoms with van der Waals surface area (Å²) in [6, 6.07) is 10.6. The molecule has 3 aliphatic heterocycles. The summed E-state index contributed by atoms with van der Waals surface area (Å²) < 4.78 is 5.27. The minimum Gasteiger partial charge on any atom is -0.447 e. The molecule has 4 heterocycles. The van der Waals surface area contributed by atoms with Gasteiger partial charge in [0.15, 0.2) is 0 Å². The molecule has 2 aromatic rings. The molecule has 3 saturated heterocycles. The molecule has 3 fully saturated rings. The molecule has 3 unspecified atom stereocenters. The summed E-state index contributed by atoms with van der Waals surface area (Å²) in [4.78, 5) is 28.0. The molecule has 4 atom stereocenters. The number of amides is 1. The van der Waals surface area contributed by atoms with Crippen molar-refractivity contribution in [3.05, 3.63) is 47.7 Å². The lowest BCUT2D eigenvalue weighted by atomic mass is 10.0. The molecule has 1 N–H and O–H groups in total. The predicted octanol–water partition coefficient (Wildman–Crippen LogP) is 3.62. The first-order valence-corrected chi connectivity index (χ1v) is 12.4. The normalized spacial score (nSPS) is 26.2. The minimum atomic E-state index is -0.347. The lowest BCUT2D eigenvalue weighted by molar-refractivity contribution is 0.177. The number of hydrogen-bond donors (Lipinski definition) is 1. The van der Waals surface area contributed by atoms with Gasteiger partial charge in [0.2, 0.25) is 5.95 Å². The number of aromatic nitrogens is 2. The molecule has 1 amide bonds. The van der Waals surface area contributed by atoms with E-state index in [1.54, 1.807) is 17.2 Å². The number of fused-ring (bicyclic) bond motifs is 1. The maximum absolute atomic E-state index is 12.3. The van der Waals surface area contributed by atoms with E-state index in [1.165, 1.54) is 37.3 Å². The summed E-state index contributed by atoms with van der Waals surface area (Å²) in [5.74, 6) is 3.02. The standard InChI is InChI=1S/C26H36N6O2/c1-17(2)23-16-34-26(33)32(23)24-9-10-27-25(29-24)28-18(3)20-7-5-19(6-8-20)11-31-14-21-12-30(4)13-22(21)15-31/h5-10,17-18,21-23H,11-16H2,1-4H3,(H,27,28,29)/t18?,21?,22?,23-/m1/s1. The second kappa shape index (κ2) is 9.50. The molecule has 8 nitrogen and oxygen atoms in total. The van der Waals surface area contributed by atoms with Gasteiger partial charge in [0.05, 0.1) is 12.1 Å². The van der Waals surface area contributed by atoms with E-state index in [2.05, 4.69) is 77.2 Å². The summed E-state index contributed by atoms with van der Waals surface area (Å²) in [5, 5.41) is 3.39. The van der Waals surface area contributed by atoms with Crippen LogP contribution in [0.2, 0.25) is 0 Å². The molecule has 0 saturated carbocycles. The number of ether oxygens (including phenoxy) is 1. The van der Waals surface area contributed by atoms with Gasteiger partial charge in [-0.2, -0.15) is 4.98 Å². The number of rotatable bonds is 7. The molecule has 0 radical (unpaired) electrons. The number of likely N-dealkylation sites (tertiary alicyclic amines) is 2. The Balaban J connectivity index is 1.20. The van der Waals surface area contributed by atoms with Gasteiger partial charge in [-0.25, -0.2) is 9.78 Å². The van der Waals surface area contributed by atoms with Crippen LogP contribution in [0.4, 0.5) is 16.6 Å². The zero-order valence-corrected chi connectivity index (χ0v) is 20.6. The molecule has 182 valence electrons. The number of anilines is 2. The highest BCUT2D eigenvalue weighted by molar-refractivity contribution is 5.89. The van der Waals surface area contributed by atoms with Crippen molar-refractivity contribution in [2.24, 2.45) is 17.8 Å². The van der Waals surface area contributed by atoms with Gasteiger partial charge in [-0.15, -0.1) is 0 Å². The molecule has 1 aromatic heterocycles. The van der Waals surface area contributed by atoms with E-state index < -0.39 is 0 Å². The third kappa shape index (κ3) is 4.74. The van der Waals surface area contributed by atoms with Gasteiger partial charge < -0.3 is 15.0 Å². The van der Waals surface area contributed by atoms with Crippen LogP contribution >= 0.6 is 0 Å². The first-order valence-electron chi connectivity index (χ1n) is 12.4. The lowest BCUT2D eigenvalue weighted by Crippen LogP contribution is -2.37. The third-order valence-electron chi connectivity index (χ3n) is 7.54. The number of carbonyl (C=O) groups excluding carboxylic acids is 1. The largest absolute Gasteiger partial charge is 0.447 e. The SMILES string of the molecule is CC(Nc1nccc(N2C(=O)OC[C@@H]2C(C)C)n1)c1ccc(CN2CC3CN(C)CC3C2)cc1. The fourth-order valence-electron chi connectivity index (χ4n) is 5.64. The second-order valence-corrected chi connectivity index (χ2v) is 10.5. The smallest absolute Gasteiger partial charge is 0.415 e. The van der Waals surface area contributed by atoms with Crippen molar-refractivity contribution in [3.63, 3.8) is 0 Å². The molecule has 0 aliphatic carbocycles. The lowest BCUT2D eigenvalue weighted by Gasteiger charge is -2.24. The van der Waals surface area contributed by atoms with E-state index in [0.717, 1.165) is 18.4 Å². The van der Waals surface area contributed by atoms with Crippen molar-refractivity contribution < 1.29 is 9.53 Å². The van der Waals surface area contributed by atoms with E-state index in [1.807, 2.05) is 0 Å². The van der Waals surface area contributed by atoms with Crippen molar-refractivity contribution in [1.29, 1.82) is 0 Å². The van der Waals surface area contributed by atoms with Crippen LogP contribution in [0.25, 0.3) is 0 Å². The number of hydrogen-bond acceptors (Lipinski definition) is 7. The van der Waals surface area contributed by atoms with Gasteiger partial charge in [-0.3, -0.25) is 9.80 Å². The zero-order chi connectivity index (χ0) is 23.8. The zero-order valence-electron chi connectivity index (χ0n) is 20.6. The first kappa shape index (κ1) is 23.1. The van der Waals surface area contributed by atoms with E-state index >= 15 is 0 Å². The van der Waals surface area contributed by atoms with E-state index in [0.29, 0.717) is 18.4 Å². The Morgan fingerprint density at radius 3 is 2.44 bits per heavy atom. The quantitative estimate of drug-likeness (QED) is 0.671. The van der Waals surface area contributed by atoms with Crippen LogP contribution in [-0.4, -0.2) is 71.7 Å². The van der Waals surface area contributed by atoms with Gasteiger partial charge in [0.1, 0.15) is 12.4 Å². The molecule has 8 heteroatoms. The van der Waals surface area contributed by atoms with E-state index in [4.69, 9.17) is 4.74 Å². The maximum atomic E-state index is 12.3. The molecule has 0 bridgehead atoms. The monoisotopic (exact) mass is 464 g/mol. The summed E-state index contributed by atoms with van der Waals surface area (Å²) in [6.07, 6.45) is 1.34. The number of carbonyl (C=O) groups is 1. The minimum absolute atomic E-state index is 0.0173. The Morgan fingerprint density at radius 1 is 1.06 bits per heavy atom. The van der Waals surface area contributed by atoms with Crippen molar-refractivity contribution in [2.75, 3.05) is 50.1 Å². The highest BCUT2D eigenvalue weighted by Gasteiger charge is 2.38.